The summed E-state index contributed by atoms with van der Waals surface area (Å²) >= 11 is 0. The summed E-state index contributed by atoms with van der Waals surface area (Å²) in [7, 11) is 0. The van der Waals surface area contributed by atoms with Gasteiger partial charge in [-0.05, 0) is 35.6 Å². The van der Waals surface area contributed by atoms with Crippen molar-refractivity contribution >= 4 is 0 Å². The highest BCUT2D eigenvalue weighted by Crippen LogP contribution is 2.24. The molecule has 0 heterocycles. The average molecular weight is 195 g/mol. The van der Waals surface area contributed by atoms with Crippen molar-refractivity contribution in [3.63, 3.8) is 0 Å². The molecule has 0 atom stereocenters. The van der Waals surface area contributed by atoms with Crippen molar-refractivity contribution in [2.24, 2.45) is 0 Å². The van der Waals surface area contributed by atoms with Crippen molar-refractivity contribution in [1.29, 1.82) is 0 Å². The first kappa shape index (κ1) is 9.97. The van der Waals surface area contributed by atoms with Crippen LogP contribution in [0.5, 0.6) is 0 Å². The number of rotatable bonds is 2. The van der Waals surface area contributed by atoms with Gasteiger partial charge >= 0.3 is 0 Å². The zero-order chi connectivity index (χ0) is 10.7. The lowest BCUT2D eigenvalue weighted by atomic mass is 9.98. The Hall–Kier alpha value is -1.56. The van der Waals surface area contributed by atoms with Crippen molar-refractivity contribution in [2.75, 3.05) is 0 Å². The molecule has 0 unspecified atom stereocenters. The van der Waals surface area contributed by atoms with E-state index in [1.807, 2.05) is 6.07 Å². The van der Waals surface area contributed by atoms with Crippen LogP contribution in [-0.4, -0.2) is 0 Å². The maximum Gasteiger partial charge on any atom is -0.0124 e. The van der Waals surface area contributed by atoms with Crippen molar-refractivity contribution in [3.8, 4) is 11.1 Å². The highest BCUT2D eigenvalue weighted by atomic mass is 14.1. The van der Waals surface area contributed by atoms with E-state index in [2.05, 4.69) is 62.7 Å². The maximum absolute atomic E-state index is 2.22. The zero-order valence-corrected chi connectivity index (χ0v) is 9.20. The van der Waals surface area contributed by atoms with Gasteiger partial charge in [-0.2, -0.15) is 0 Å². The molecule has 2 aromatic carbocycles. The molecule has 75 valence electrons. The minimum Gasteiger partial charge on any atom is -0.0622 e. The summed E-state index contributed by atoms with van der Waals surface area (Å²) in [5.41, 5.74) is 5.22. The lowest BCUT2D eigenvalue weighted by Gasteiger charge is -2.07. The van der Waals surface area contributed by atoms with Gasteiger partial charge in [0.1, 0.15) is 0 Å². The molecule has 0 fully saturated rings. The Morgan fingerprint density at radius 3 is 2.27 bits per heavy atom. The molecule has 2 aromatic rings. The summed E-state index contributed by atoms with van der Waals surface area (Å²) in [4.78, 5) is 0. The molecule has 0 amide bonds. The summed E-state index contributed by atoms with van der Waals surface area (Å²) < 4.78 is 0. The van der Waals surface area contributed by atoms with Crippen LogP contribution in [-0.2, 0) is 0 Å². The number of hydrogen-bond donors (Lipinski definition) is 0. The lowest BCUT2D eigenvalue weighted by molar-refractivity contribution is 1.36. The van der Waals surface area contributed by atoms with Crippen LogP contribution < -0.4 is 0 Å². The molecule has 15 heavy (non-hydrogen) atoms. The molecule has 0 aliphatic heterocycles. The smallest absolute Gasteiger partial charge is 0.0124 e. The Balaban J connectivity index is 2.46. The molecule has 0 aliphatic carbocycles. The van der Waals surface area contributed by atoms with E-state index in [4.69, 9.17) is 0 Å². The van der Waals surface area contributed by atoms with E-state index >= 15 is 0 Å². The molecule has 0 aliphatic rings. The van der Waals surface area contributed by atoms with Crippen LogP contribution in [0.15, 0.2) is 48.5 Å². The quantitative estimate of drug-likeness (QED) is 0.672. The highest BCUT2D eigenvalue weighted by molar-refractivity contribution is 5.67. The van der Waals surface area contributed by atoms with Crippen LogP contribution in [0.25, 0.3) is 11.1 Å². The standard InChI is InChI=1S/C15H15/c1-3-13-9-10-15(12(2)11-13)14-7-5-4-6-8-14/h3-11H,1-2H3. The molecule has 0 aromatic heterocycles. The molecular formula is C15H15. The Kier molecular flexibility index (Phi) is 2.86. The fourth-order valence-corrected chi connectivity index (χ4v) is 1.81. The molecule has 1 radical (unpaired) electrons. The third-order valence-corrected chi connectivity index (χ3v) is 2.67. The second-order valence-electron chi connectivity index (χ2n) is 3.73. The molecular weight excluding hydrogens is 180 g/mol. The molecule has 0 saturated heterocycles. The van der Waals surface area contributed by atoms with Crippen LogP contribution in [0, 0.1) is 13.3 Å². The van der Waals surface area contributed by atoms with E-state index < -0.39 is 0 Å². The van der Waals surface area contributed by atoms with Crippen LogP contribution in [0.2, 0.25) is 0 Å². The summed E-state index contributed by atoms with van der Waals surface area (Å²) in [5.74, 6) is 0. The molecule has 0 bridgehead atoms. The van der Waals surface area contributed by atoms with E-state index in [1.54, 1.807) is 0 Å². The summed E-state index contributed by atoms with van der Waals surface area (Å²) in [6.45, 7) is 4.23. The fraction of sp³-hybridized carbons (Fsp3) is 0.133. The minimum absolute atomic E-state index is 1.28. The van der Waals surface area contributed by atoms with Crippen molar-refractivity contribution in [1.82, 2.24) is 0 Å². The summed E-state index contributed by atoms with van der Waals surface area (Å²) in [6.07, 6.45) is 2.13. The number of hydrogen-bond acceptors (Lipinski definition) is 0. The first-order chi connectivity index (χ1) is 7.31. The van der Waals surface area contributed by atoms with Gasteiger partial charge in [0.2, 0.25) is 0 Å². The van der Waals surface area contributed by atoms with Crippen LogP contribution >= 0.6 is 0 Å². The second-order valence-corrected chi connectivity index (χ2v) is 3.73. The number of benzene rings is 2. The monoisotopic (exact) mass is 195 g/mol. The van der Waals surface area contributed by atoms with Crippen molar-refractivity contribution in [3.05, 3.63) is 66.1 Å². The Bertz CT molecular complexity index is 441. The first-order valence-corrected chi connectivity index (χ1v) is 5.26. The van der Waals surface area contributed by atoms with E-state index in [-0.39, 0.29) is 0 Å². The largest absolute Gasteiger partial charge is 0.0622 e. The minimum atomic E-state index is 1.28. The number of aryl methyl sites for hydroxylation is 1. The molecule has 0 saturated carbocycles. The van der Waals surface area contributed by atoms with Crippen LogP contribution in [0.3, 0.4) is 0 Å². The van der Waals surface area contributed by atoms with E-state index in [0.717, 1.165) is 0 Å². The van der Waals surface area contributed by atoms with Crippen LogP contribution in [0.4, 0.5) is 0 Å². The van der Waals surface area contributed by atoms with Gasteiger partial charge in [0.15, 0.2) is 0 Å². The molecule has 0 heteroatoms. The third kappa shape index (κ3) is 2.10. The zero-order valence-electron chi connectivity index (χ0n) is 9.20. The van der Waals surface area contributed by atoms with Gasteiger partial charge in [-0.3, -0.25) is 0 Å². The van der Waals surface area contributed by atoms with Gasteiger partial charge in [0.25, 0.3) is 0 Å². The topological polar surface area (TPSA) is 0 Å². The summed E-state index contributed by atoms with van der Waals surface area (Å²) in [5, 5.41) is 0. The Morgan fingerprint density at radius 1 is 0.933 bits per heavy atom. The maximum atomic E-state index is 2.22. The van der Waals surface area contributed by atoms with Crippen molar-refractivity contribution < 1.29 is 0 Å². The second kappa shape index (κ2) is 4.31. The van der Waals surface area contributed by atoms with Gasteiger partial charge < -0.3 is 0 Å². The van der Waals surface area contributed by atoms with Crippen LogP contribution in [0.1, 0.15) is 18.1 Å². The molecule has 2 rings (SSSR count). The summed E-state index contributed by atoms with van der Waals surface area (Å²) in [6, 6.07) is 17.1. The average Bonchev–Trinajstić information content (AvgIpc) is 2.30. The van der Waals surface area contributed by atoms with Gasteiger partial charge in [0.05, 0.1) is 0 Å². The van der Waals surface area contributed by atoms with Gasteiger partial charge in [0, 0.05) is 0 Å². The van der Waals surface area contributed by atoms with Crippen molar-refractivity contribution in [2.45, 2.75) is 13.8 Å². The Morgan fingerprint density at radius 2 is 1.67 bits per heavy atom. The first-order valence-electron chi connectivity index (χ1n) is 5.26. The lowest BCUT2D eigenvalue weighted by Crippen LogP contribution is -1.85. The van der Waals surface area contributed by atoms with E-state index in [9.17, 15) is 0 Å². The molecule has 0 N–H and O–H groups in total. The van der Waals surface area contributed by atoms with Gasteiger partial charge in [-0.25, -0.2) is 0 Å². The predicted octanol–water partition coefficient (Wildman–Crippen LogP) is 4.23. The SMILES string of the molecule is C[CH]c1ccc(-c2ccccc2)c(C)c1. The predicted molar refractivity (Wildman–Crippen MR) is 65.7 cm³/mol. The molecule has 0 nitrogen and oxygen atoms in total. The van der Waals surface area contributed by atoms with Gasteiger partial charge in [-0.15, -0.1) is 0 Å². The Labute approximate surface area is 91.6 Å². The fourth-order valence-electron chi connectivity index (χ4n) is 1.81. The molecule has 0 spiro atoms. The third-order valence-electron chi connectivity index (χ3n) is 2.67. The van der Waals surface area contributed by atoms with E-state index in [0.29, 0.717) is 0 Å². The van der Waals surface area contributed by atoms with E-state index in [1.165, 1.54) is 22.3 Å². The normalized spacial score (nSPS) is 10.3. The van der Waals surface area contributed by atoms with Gasteiger partial charge in [-0.1, -0.05) is 55.5 Å². The highest BCUT2D eigenvalue weighted by Gasteiger charge is 2.01.